The van der Waals surface area contributed by atoms with E-state index in [2.05, 4.69) is 22.3 Å². The highest BCUT2D eigenvalue weighted by Gasteiger charge is 1.96. The summed E-state index contributed by atoms with van der Waals surface area (Å²) in [5, 5.41) is 7.24. The Kier molecular flexibility index (Phi) is 10.6. The molecular weight excluding hydrogens is 353 g/mol. The number of nitrogens with zero attached hydrogens (tertiary/aromatic N) is 3. The van der Waals surface area contributed by atoms with Crippen molar-refractivity contribution in [1.82, 2.24) is 15.1 Å². The Morgan fingerprint density at radius 2 is 2.21 bits per heavy atom. The molecule has 0 unspecified atom stereocenters. The maximum atomic E-state index is 5.78. The molecule has 0 aromatic carbocycles. The Balaban J connectivity index is 0.00000324. The number of nitrogens with two attached hydrogens (primary N) is 1. The van der Waals surface area contributed by atoms with Crippen molar-refractivity contribution in [2.45, 2.75) is 39.0 Å². The van der Waals surface area contributed by atoms with Gasteiger partial charge in [0.15, 0.2) is 5.96 Å². The molecule has 110 valence electrons. The zero-order valence-corrected chi connectivity index (χ0v) is 14.3. The number of nitrogens with one attached hydrogen (secondary N) is 1. The average Bonchev–Trinajstić information content (AvgIpc) is 2.75. The van der Waals surface area contributed by atoms with Crippen LogP contribution in [-0.4, -0.2) is 28.8 Å². The Labute approximate surface area is 133 Å². The Bertz CT molecular complexity index is 362. The number of unbranched alkanes of at least 4 members (excludes halogenated alkanes) is 3. The summed E-state index contributed by atoms with van der Waals surface area (Å²) < 4.78 is 1.81. The van der Waals surface area contributed by atoms with E-state index in [-0.39, 0.29) is 24.0 Å². The Hall–Kier alpha value is -0.790. The van der Waals surface area contributed by atoms with Crippen LogP contribution in [0.1, 0.15) is 38.2 Å². The van der Waals surface area contributed by atoms with E-state index in [1.54, 1.807) is 4.68 Å². The van der Waals surface area contributed by atoms with Gasteiger partial charge in [0.2, 0.25) is 0 Å². The predicted octanol–water partition coefficient (Wildman–Crippen LogP) is 2.07. The molecule has 0 bridgehead atoms. The fraction of sp³-hybridized carbons (Fsp3) is 0.692. The predicted molar refractivity (Wildman–Crippen MR) is 91.0 cm³/mol. The molecule has 0 radical (unpaired) electrons. The van der Waals surface area contributed by atoms with Crippen LogP contribution in [0.2, 0.25) is 0 Å². The summed E-state index contributed by atoms with van der Waals surface area (Å²) in [5.41, 5.74) is 6.98. The molecule has 1 aromatic heterocycles. The van der Waals surface area contributed by atoms with Gasteiger partial charge in [-0.2, -0.15) is 5.10 Å². The largest absolute Gasteiger partial charge is 0.370 e. The monoisotopic (exact) mass is 379 g/mol. The van der Waals surface area contributed by atoms with Crippen LogP contribution in [0.25, 0.3) is 0 Å². The van der Waals surface area contributed by atoms with Crippen LogP contribution in [0, 0.1) is 0 Å². The first-order valence-electron chi connectivity index (χ1n) is 6.73. The van der Waals surface area contributed by atoms with Gasteiger partial charge in [0.1, 0.15) is 0 Å². The summed E-state index contributed by atoms with van der Waals surface area (Å²) in [4.78, 5) is 4.29. The standard InChI is InChI=1S/C13H25N5.HI/c1-3-4-5-6-8-15-13(14)16-9-7-12-10-17-18(2)11-12;/h10-11H,3-9H2,1-2H3,(H3,14,15,16);1H. The Morgan fingerprint density at radius 3 is 2.84 bits per heavy atom. The van der Waals surface area contributed by atoms with Crippen molar-refractivity contribution >= 4 is 29.9 Å². The number of rotatable bonds is 8. The zero-order valence-electron chi connectivity index (χ0n) is 11.9. The second kappa shape index (κ2) is 11.1. The van der Waals surface area contributed by atoms with E-state index in [9.17, 15) is 0 Å². The van der Waals surface area contributed by atoms with Gasteiger partial charge in [0, 0.05) is 26.3 Å². The van der Waals surface area contributed by atoms with Crippen LogP contribution in [-0.2, 0) is 13.5 Å². The molecule has 0 saturated heterocycles. The molecule has 6 heteroatoms. The molecule has 1 heterocycles. The third kappa shape index (κ3) is 8.85. The molecule has 0 aliphatic carbocycles. The first kappa shape index (κ1) is 18.2. The molecule has 0 fully saturated rings. The van der Waals surface area contributed by atoms with E-state index in [1.165, 1.54) is 24.8 Å². The van der Waals surface area contributed by atoms with Gasteiger partial charge in [-0.3, -0.25) is 9.67 Å². The lowest BCUT2D eigenvalue weighted by molar-refractivity contribution is 0.673. The molecule has 0 spiro atoms. The summed E-state index contributed by atoms with van der Waals surface area (Å²) in [7, 11) is 1.92. The van der Waals surface area contributed by atoms with Gasteiger partial charge in [-0.15, -0.1) is 24.0 Å². The van der Waals surface area contributed by atoms with E-state index < -0.39 is 0 Å². The average molecular weight is 379 g/mol. The molecule has 0 saturated carbocycles. The maximum absolute atomic E-state index is 5.78. The van der Waals surface area contributed by atoms with Crippen molar-refractivity contribution in [3.63, 3.8) is 0 Å². The van der Waals surface area contributed by atoms with Crippen molar-refractivity contribution in [2.75, 3.05) is 13.1 Å². The van der Waals surface area contributed by atoms with E-state index in [4.69, 9.17) is 5.73 Å². The van der Waals surface area contributed by atoms with Crippen molar-refractivity contribution < 1.29 is 0 Å². The summed E-state index contributed by atoms with van der Waals surface area (Å²) in [6.45, 7) is 3.83. The van der Waals surface area contributed by atoms with Gasteiger partial charge in [0.25, 0.3) is 0 Å². The van der Waals surface area contributed by atoms with Gasteiger partial charge >= 0.3 is 0 Å². The van der Waals surface area contributed by atoms with Gasteiger partial charge in [-0.05, 0) is 18.4 Å². The number of hydrogen-bond donors (Lipinski definition) is 2. The highest BCUT2D eigenvalue weighted by Crippen LogP contribution is 1.98. The minimum Gasteiger partial charge on any atom is -0.370 e. The summed E-state index contributed by atoms with van der Waals surface area (Å²) >= 11 is 0. The van der Waals surface area contributed by atoms with Gasteiger partial charge in [0.05, 0.1) is 6.20 Å². The van der Waals surface area contributed by atoms with Gasteiger partial charge < -0.3 is 11.1 Å². The van der Waals surface area contributed by atoms with Crippen LogP contribution >= 0.6 is 24.0 Å². The quantitative estimate of drug-likeness (QED) is 0.315. The van der Waals surface area contributed by atoms with Crippen molar-refractivity contribution in [3.05, 3.63) is 18.0 Å². The number of aromatic nitrogens is 2. The molecular formula is C13H26IN5. The van der Waals surface area contributed by atoms with Gasteiger partial charge in [-0.25, -0.2) is 0 Å². The van der Waals surface area contributed by atoms with E-state index in [1.807, 2.05) is 19.4 Å². The molecule has 0 aliphatic rings. The van der Waals surface area contributed by atoms with Crippen molar-refractivity contribution in [1.29, 1.82) is 0 Å². The lowest BCUT2D eigenvalue weighted by atomic mass is 10.2. The van der Waals surface area contributed by atoms with Crippen LogP contribution in [0.5, 0.6) is 0 Å². The van der Waals surface area contributed by atoms with Crippen LogP contribution in [0.15, 0.2) is 17.4 Å². The van der Waals surface area contributed by atoms with E-state index >= 15 is 0 Å². The summed E-state index contributed by atoms with van der Waals surface area (Å²) in [6, 6.07) is 0. The number of hydrogen-bond acceptors (Lipinski definition) is 2. The van der Waals surface area contributed by atoms with Crippen LogP contribution in [0.3, 0.4) is 0 Å². The van der Waals surface area contributed by atoms with Crippen molar-refractivity contribution in [2.24, 2.45) is 17.8 Å². The maximum Gasteiger partial charge on any atom is 0.188 e. The number of aryl methyl sites for hydroxylation is 1. The smallest absolute Gasteiger partial charge is 0.188 e. The molecule has 1 aromatic rings. The van der Waals surface area contributed by atoms with Crippen molar-refractivity contribution in [3.8, 4) is 0 Å². The lowest BCUT2D eigenvalue weighted by Crippen LogP contribution is -2.33. The fourth-order valence-corrected chi connectivity index (χ4v) is 1.73. The first-order chi connectivity index (χ1) is 8.72. The summed E-state index contributed by atoms with van der Waals surface area (Å²) in [6.07, 6.45) is 9.70. The van der Waals surface area contributed by atoms with Crippen LogP contribution < -0.4 is 11.1 Å². The number of aliphatic imine (C=N–C) groups is 1. The van der Waals surface area contributed by atoms with E-state index in [0.717, 1.165) is 25.9 Å². The number of halogens is 1. The zero-order chi connectivity index (χ0) is 13.2. The second-order valence-electron chi connectivity index (χ2n) is 4.53. The SMILES string of the molecule is CCCCCCN=C(N)NCCc1cnn(C)c1.I. The third-order valence-electron chi connectivity index (χ3n) is 2.77. The molecule has 0 aliphatic heterocycles. The minimum atomic E-state index is 0. The minimum absolute atomic E-state index is 0. The highest BCUT2D eigenvalue weighted by atomic mass is 127. The normalized spacial score (nSPS) is 11.2. The lowest BCUT2D eigenvalue weighted by Gasteiger charge is -2.04. The molecule has 5 nitrogen and oxygen atoms in total. The van der Waals surface area contributed by atoms with Crippen LogP contribution in [0.4, 0.5) is 0 Å². The van der Waals surface area contributed by atoms with E-state index in [0.29, 0.717) is 5.96 Å². The first-order valence-corrected chi connectivity index (χ1v) is 6.73. The number of guanidine groups is 1. The second-order valence-corrected chi connectivity index (χ2v) is 4.53. The topological polar surface area (TPSA) is 68.2 Å². The Morgan fingerprint density at radius 1 is 1.42 bits per heavy atom. The highest BCUT2D eigenvalue weighted by molar-refractivity contribution is 14.0. The molecule has 0 amide bonds. The third-order valence-corrected chi connectivity index (χ3v) is 2.77. The summed E-state index contributed by atoms with van der Waals surface area (Å²) in [5.74, 6) is 0.551. The fourth-order valence-electron chi connectivity index (χ4n) is 1.73. The molecule has 19 heavy (non-hydrogen) atoms. The molecule has 1 rings (SSSR count). The van der Waals surface area contributed by atoms with Gasteiger partial charge in [-0.1, -0.05) is 26.2 Å². The molecule has 3 N–H and O–H groups in total. The molecule has 0 atom stereocenters.